The Morgan fingerprint density at radius 1 is 0.862 bits per heavy atom. The van der Waals surface area contributed by atoms with Crippen LogP contribution in [0.5, 0.6) is 11.5 Å². The lowest BCUT2D eigenvalue weighted by Gasteiger charge is -2.13. The van der Waals surface area contributed by atoms with E-state index in [1.807, 2.05) is 13.8 Å². The van der Waals surface area contributed by atoms with Crippen molar-refractivity contribution in [3.63, 3.8) is 0 Å². The molecule has 0 fully saturated rings. The second-order valence-electron chi connectivity index (χ2n) is 5.95. The van der Waals surface area contributed by atoms with Crippen LogP contribution >= 0.6 is 35.4 Å². The monoisotopic (exact) mass is 455 g/mol. The summed E-state index contributed by atoms with van der Waals surface area (Å²) in [5, 5.41) is 3.46. The Morgan fingerprint density at radius 3 is 1.83 bits per heavy atom. The van der Waals surface area contributed by atoms with E-state index in [4.69, 9.17) is 44.9 Å². The lowest BCUT2D eigenvalue weighted by Crippen LogP contribution is -2.50. The van der Waals surface area contributed by atoms with Crippen molar-refractivity contribution in [2.24, 2.45) is 0 Å². The largest absolute Gasteiger partial charge is 0.483 e. The van der Waals surface area contributed by atoms with Gasteiger partial charge in [-0.05, 0) is 73.6 Å². The van der Waals surface area contributed by atoms with Gasteiger partial charge < -0.3 is 9.47 Å². The van der Waals surface area contributed by atoms with Crippen molar-refractivity contribution in [1.29, 1.82) is 0 Å². The summed E-state index contributed by atoms with van der Waals surface area (Å²) in [6.45, 7) is 3.13. The van der Waals surface area contributed by atoms with Gasteiger partial charge in [-0.25, -0.2) is 0 Å². The highest BCUT2D eigenvalue weighted by atomic mass is 35.5. The minimum atomic E-state index is -0.487. The van der Waals surface area contributed by atoms with Crippen LogP contribution in [0.4, 0.5) is 0 Å². The van der Waals surface area contributed by atoms with Gasteiger partial charge in [-0.2, -0.15) is 0 Å². The summed E-state index contributed by atoms with van der Waals surface area (Å²) in [5.74, 6) is 0.101. The Balaban J connectivity index is 1.68. The van der Waals surface area contributed by atoms with Gasteiger partial charge in [-0.1, -0.05) is 23.2 Å². The number of amides is 2. The molecule has 0 bridgehead atoms. The van der Waals surface area contributed by atoms with Crippen molar-refractivity contribution in [2.45, 2.75) is 13.8 Å². The Bertz CT molecular complexity index is 924. The lowest BCUT2D eigenvalue weighted by atomic mass is 10.2. The van der Waals surface area contributed by atoms with Crippen LogP contribution in [0.2, 0.25) is 10.0 Å². The standard InChI is InChI=1S/C19H19Cl2N3O4S/c1-11-7-13(20)3-5-15(11)27-9-17(25)22-19(29)24-23-18(26)10-28-16-6-4-14(21)8-12(16)2/h3-8H,9-10H2,1-2H3,(H,23,26)(H2,22,24,25,29). The Morgan fingerprint density at radius 2 is 1.34 bits per heavy atom. The molecule has 0 radical (unpaired) electrons. The highest BCUT2D eigenvalue weighted by Gasteiger charge is 2.09. The minimum Gasteiger partial charge on any atom is -0.483 e. The quantitative estimate of drug-likeness (QED) is 0.458. The van der Waals surface area contributed by atoms with E-state index >= 15 is 0 Å². The molecule has 0 atom stereocenters. The first-order valence-corrected chi connectivity index (χ1v) is 9.57. The maximum Gasteiger partial charge on any atom is 0.276 e. The van der Waals surface area contributed by atoms with E-state index < -0.39 is 11.8 Å². The normalized spacial score (nSPS) is 10.1. The number of rotatable bonds is 6. The van der Waals surface area contributed by atoms with E-state index in [0.29, 0.717) is 21.5 Å². The first-order chi connectivity index (χ1) is 13.7. The molecule has 0 heterocycles. The first-order valence-electron chi connectivity index (χ1n) is 8.41. The molecule has 0 spiro atoms. The molecule has 2 aromatic rings. The molecule has 10 heteroatoms. The zero-order valence-corrected chi connectivity index (χ0v) is 18.0. The predicted octanol–water partition coefficient (Wildman–Crippen LogP) is 3.09. The van der Waals surface area contributed by atoms with E-state index in [-0.39, 0.29) is 18.3 Å². The van der Waals surface area contributed by atoms with Gasteiger partial charge in [0.1, 0.15) is 11.5 Å². The zero-order valence-electron chi connectivity index (χ0n) is 15.7. The highest BCUT2D eigenvalue weighted by molar-refractivity contribution is 7.80. The average molecular weight is 456 g/mol. The van der Waals surface area contributed by atoms with Gasteiger partial charge >= 0.3 is 0 Å². The van der Waals surface area contributed by atoms with Crippen molar-refractivity contribution in [3.8, 4) is 11.5 Å². The maximum atomic E-state index is 11.9. The fourth-order valence-corrected chi connectivity index (χ4v) is 2.81. The van der Waals surface area contributed by atoms with Crippen LogP contribution in [0.15, 0.2) is 36.4 Å². The molecule has 7 nitrogen and oxygen atoms in total. The number of halogens is 2. The molecule has 0 saturated carbocycles. The number of nitrogens with one attached hydrogen (secondary N) is 3. The molecule has 0 aliphatic rings. The first kappa shape index (κ1) is 22.7. The van der Waals surface area contributed by atoms with E-state index in [1.165, 1.54) is 0 Å². The topological polar surface area (TPSA) is 88.7 Å². The van der Waals surface area contributed by atoms with Crippen molar-refractivity contribution < 1.29 is 19.1 Å². The summed E-state index contributed by atoms with van der Waals surface area (Å²) in [5.41, 5.74) is 6.35. The molecule has 0 unspecified atom stereocenters. The van der Waals surface area contributed by atoms with Crippen LogP contribution in [0.25, 0.3) is 0 Å². The van der Waals surface area contributed by atoms with Gasteiger partial charge in [-0.15, -0.1) is 0 Å². The zero-order chi connectivity index (χ0) is 21.4. The molecule has 29 heavy (non-hydrogen) atoms. The minimum absolute atomic E-state index is 0.0811. The molecule has 0 aliphatic carbocycles. The molecule has 2 amide bonds. The molecular weight excluding hydrogens is 437 g/mol. The third kappa shape index (κ3) is 7.77. The molecule has 154 valence electrons. The number of hydrogen-bond acceptors (Lipinski definition) is 5. The Kier molecular flexibility index (Phi) is 8.50. The van der Waals surface area contributed by atoms with Crippen molar-refractivity contribution in [1.82, 2.24) is 16.2 Å². The number of ether oxygens (including phenoxy) is 2. The van der Waals surface area contributed by atoms with Crippen LogP contribution in [0.3, 0.4) is 0 Å². The maximum absolute atomic E-state index is 11.9. The summed E-state index contributed by atoms with van der Waals surface area (Å²) in [6, 6.07) is 10.1. The van der Waals surface area contributed by atoms with Crippen molar-refractivity contribution in [2.75, 3.05) is 13.2 Å². The SMILES string of the molecule is Cc1cc(Cl)ccc1OCC(=O)NNC(=S)NC(=O)COc1ccc(Cl)cc1C. The van der Waals surface area contributed by atoms with Gasteiger partial charge in [-0.3, -0.25) is 25.8 Å². The van der Waals surface area contributed by atoms with Gasteiger partial charge in [0, 0.05) is 10.0 Å². The van der Waals surface area contributed by atoms with Gasteiger partial charge in [0.05, 0.1) is 0 Å². The van der Waals surface area contributed by atoms with E-state index in [1.54, 1.807) is 36.4 Å². The van der Waals surface area contributed by atoms with Gasteiger partial charge in [0.15, 0.2) is 18.3 Å². The summed E-state index contributed by atoms with van der Waals surface area (Å²) in [6.07, 6.45) is 0. The number of aryl methyl sites for hydroxylation is 2. The number of hydrazine groups is 1. The number of benzene rings is 2. The number of hydrogen-bond donors (Lipinski definition) is 3. The molecule has 0 aliphatic heterocycles. The van der Waals surface area contributed by atoms with Gasteiger partial charge in [0.25, 0.3) is 11.8 Å². The van der Waals surface area contributed by atoms with Crippen LogP contribution in [-0.2, 0) is 9.59 Å². The summed E-state index contributed by atoms with van der Waals surface area (Å²) < 4.78 is 10.8. The third-order valence-electron chi connectivity index (χ3n) is 3.56. The molecule has 3 N–H and O–H groups in total. The summed E-state index contributed by atoms with van der Waals surface area (Å²) in [7, 11) is 0. The molecule has 2 rings (SSSR count). The van der Waals surface area contributed by atoms with Crippen LogP contribution < -0.4 is 25.6 Å². The number of carbonyl (C=O) groups is 2. The fourth-order valence-electron chi connectivity index (χ4n) is 2.19. The fraction of sp³-hybridized carbons (Fsp3) is 0.211. The van der Waals surface area contributed by atoms with Crippen molar-refractivity contribution in [3.05, 3.63) is 57.6 Å². The predicted molar refractivity (Wildman–Crippen MR) is 115 cm³/mol. The number of thiocarbonyl (C=S) groups is 1. The molecule has 0 aromatic heterocycles. The second kappa shape index (κ2) is 10.8. The van der Waals surface area contributed by atoms with E-state index in [0.717, 1.165) is 11.1 Å². The summed E-state index contributed by atoms with van der Waals surface area (Å²) >= 11 is 16.7. The average Bonchev–Trinajstić information content (AvgIpc) is 2.65. The Hall–Kier alpha value is -2.55. The van der Waals surface area contributed by atoms with Gasteiger partial charge in [0.2, 0.25) is 0 Å². The van der Waals surface area contributed by atoms with Crippen LogP contribution in [0, 0.1) is 13.8 Å². The van der Waals surface area contributed by atoms with Crippen molar-refractivity contribution >= 4 is 52.3 Å². The molecule has 2 aromatic carbocycles. The van der Waals surface area contributed by atoms with E-state index in [2.05, 4.69) is 16.2 Å². The highest BCUT2D eigenvalue weighted by Crippen LogP contribution is 2.22. The Labute approximate surface area is 183 Å². The third-order valence-corrected chi connectivity index (χ3v) is 4.23. The molecular formula is C19H19Cl2N3O4S. The van der Waals surface area contributed by atoms with Crippen LogP contribution in [-0.4, -0.2) is 30.1 Å². The van der Waals surface area contributed by atoms with E-state index in [9.17, 15) is 9.59 Å². The number of carbonyl (C=O) groups excluding carboxylic acids is 2. The lowest BCUT2D eigenvalue weighted by molar-refractivity contribution is -0.124. The smallest absolute Gasteiger partial charge is 0.276 e. The van der Waals surface area contributed by atoms with Crippen LogP contribution in [0.1, 0.15) is 11.1 Å². The second-order valence-corrected chi connectivity index (χ2v) is 7.23. The molecule has 0 saturated heterocycles. The summed E-state index contributed by atoms with van der Waals surface area (Å²) in [4.78, 5) is 23.7.